The quantitative estimate of drug-likeness (QED) is 0.806. The fraction of sp³-hybridized carbons (Fsp3) is 0.267. The molecule has 5 heteroatoms. The predicted molar refractivity (Wildman–Crippen MR) is 85.4 cm³/mol. The van der Waals surface area contributed by atoms with E-state index < -0.39 is 0 Å². The van der Waals surface area contributed by atoms with E-state index in [0.29, 0.717) is 13.2 Å². The molecule has 0 unspecified atom stereocenters. The number of halogens is 1. The second kappa shape index (κ2) is 6.90. The summed E-state index contributed by atoms with van der Waals surface area (Å²) in [5, 5.41) is 1.86. The lowest BCUT2D eigenvalue weighted by atomic mass is 10.2. The standard InChI is InChI=1S/C15H16BrNO2S/c1-3-19-13-6-4-11(5-7-13)9-17(2)15(18)12-8-14(16)20-10-12/h4-8,10H,3,9H2,1-2H3. The minimum atomic E-state index is 0.0286. The number of carbonyl (C=O) groups is 1. The van der Waals surface area contributed by atoms with Gasteiger partial charge < -0.3 is 9.64 Å². The van der Waals surface area contributed by atoms with E-state index in [0.717, 1.165) is 20.7 Å². The van der Waals surface area contributed by atoms with Crippen LogP contribution in [0.5, 0.6) is 5.75 Å². The third-order valence-electron chi connectivity index (χ3n) is 2.82. The van der Waals surface area contributed by atoms with Gasteiger partial charge in [-0.3, -0.25) is 4.79 Å². The number of thiophene rings is 1. The van der Waals surface area contributed by atoms with Gasteiger partial charge in [-0.15, -0.1) is 11.3 Å². The number of hydrogen-bond donors (Lipinski definition) is 0. The Bertz CT molecular complexity index is 580. The van der Waals surface area contributed by atoms with E-state index in [2.05, 4.69) is 15.9 Å². The largest absolute Gasteiger partial charge is 0.494 e. The van der Waals surface area contributed by atoms with E-state index in [9.17, 15) is 4.79 Å². The van der Waals surface area contributed by atoms with Crippen molar-refractivity contribution in [2.75, 3.05) is 13.7 Å². The fourth-order valence-corrected chi connectivity index (χ4v) is 2.98. The molecule has 0 aliphatic rings. The molecule has 0 aliphatic carbocycles. The molecule has 0 N–H and O–H groups in total. The molecule has 0 bridgehead atoms. The number of amides is 1. The molecule has 1 heterocycles. The van der Waals surface area contributed by atoms with Gasteiger partial charge in [0, 0.05) is 19.0 Å². The molecule has 0 fully saturated rings. The summed E-state index contributed by atoms with van der Waals surface area (Å²) in [5.41, 5.74) is 1.80. The van der Waals surface area contributed by atoms with Gasteiger partial charge in [0.1, 0.15) is 5.75 Å². The summed E-state index contributed by atoms with van der Waals surface area (Å²) in [6.45, 7) is 3.20. The van der Waals surface area contributed by atoms with Crippen LogP contribution in [0.2, 0.25) is 0 Å². The summed E-state index contributed by atoms with van der Waals surface area (Å²) in [4.78, 5) is 13.9. The van der Waals surface area contributed by atoms with Crippen LogP contribution in [0.1, 0.15) is 22.8 Å². The summed E-state index contributed by atoms with van der Waals surface area (Å²) in [6.07, 6.45) is 0. The van der Waals surface area contributed by atoms with Gasteiger partial charge >= 0.3 is 0 Å². The fourth-order valence-electron chi connectivity index (χ4n) is 1.85. The smallest absolute Gasteiger partial charge is 0.254 e. The Hall–Kier alpha value is -1.33. The molecular formula is C15H16BrNO2S. The van der Waals surface area contributed by atoms with Crippen molar-refractivity contribution in [3.8, 4) is 5.75 Å². The van der Waals surface area contributed by atoms with Crippen molar-refractivity contribution < 1.29 is 9.53 Å². The van der Waals surface area contributed by atoms with Crippen molar-refractivity contribution in [2.45, 2.75) is 13.5 Å². The van der Waals surface area contributed by atoms with E-state index >= 15 is 0 Å². The molecule has 0 saturated carbocycles. The van der Waals surface area contributed by atoms with Crippen molar-refractivity contribution in [1.29, 1.82) is 0 Å². The first-order valence-electron chi connectivity index (χ1n) is 6.31. The molecule has 1 aromatic carbocycles. The second-order valence-electron chi connectivity index (χ2n) is 4.38. The van der Waals surface area contributed by atoms with E-state index in [1.54, 1.807) is 4.90 Å². The maximum Gasteiger partial charge on any atom is 0.254 e. The first-order chi connectivity index (χ1) is 9.60. The van der Waals surface area contributed by atoms with Gasteiger partial charge in [0.2, 0.25) is 0 Å². The molecule has 0 spiro atoms. The summed E-state index contributed by atoms with van der Waals surface area (Å²) in [5.74, 6) is 0.882. The molecular weight excluding hydrogens is 338 g/mol. The van der Waals surface area contributed by atoms with Crippen molar-refractivity contribution >= 4 is 33.2 Å². The lowest BCUT2D eigenvalue weighted by Crippen LogP contribution is -2.25. The lowest BCUT2D eigenvalue weighted by Gasteiger charge is -2.16. The SMILES string of the molecule is CCOc1ccc(CN(C)C(=O)c2csc(Br)c2)cc1. The van der Waals surface area contributed by atoms with Crippen LogP contribution in [-0.2, 0) is 6.54 Å². The summed E-state index contributed by atoms with van der Waals surface area (Å²) >= 11 is 4.89. The number of benzene rings is 1. The zero-order valence-corrected chi connectivity index (χ0v) is 13.8. The van der Waals surface area contributed by atoms with Gasteiger partial charge in [-0.2, -0.15) is 0 Å². The van der Waals surface area contributed by atoms with Crippen molar-refractivity contribution in [3.05, 3.63) is 50.6 Å². The predicted octanol–water partition coefficient (Wildman–Crippen LogP) is 4.18. The van der Waals surface area contributed by atoms with Gasteiger partial charge in [0.05, 0.1) is 16.0 Å². The van der Waals surface area contributed by atoms with E-state index in [-0.39, 0.29) is 5.91 Å². The van der Waals surface area contributed by atoms with Crippen molar-refractivity contribution in [1.82, 2.24) is 4.90 Å². The van der Waals surface area contributed by atoms with Crippen LogP contribution in [0, 0.1) is 0 Å². The van der Waals surface area contributed by atoms with E-state index in [1.807, 2.05) is 49.7 Å². The van der Waals surface area contributed by atoms with Gasteiger partial charge in [-0.1, -0.05) is 12.1 Å². The third-order valence-corrected chi connectivity index (χ3v) is 4.32. The highest BCUT2D eigenvalue weighted by Gasteiger charge is 2.13. The van der Waals surface area contributed by atoms with Crippen molar-refractivity contribution in [2.24, 2.45) is 0 Å². The monoisotopic (exact) mass is 353 g/mol. The Balaban J connectivity index is 2.00. The Morgan fingerprint density at radius 1 is 1.35 bits per heavy atom. The zero-order valence-electron chi connectivity index (χ0n) is 11.4. The Kier molecular flexibility index (Phi) is 5.20. The van der Waals surface area contributed by atoms with Gasteiger partial charge in [-0.25, -0.2) is 0 Å². The second-order valence-corrected chi connectivity index (χ2v) is 6.67. The maximum absolute atomic E-state index is 12.2. The molecule has 0 saturated heterocycles. The molecule has 1 amide bonds. The average Bonchev–Trinajstić information content (AvgIpc) is 2.87. The van der Waals surface area contributed by atoms with Crippen LogP contribution in [-0.4, -0.2) is 24.5 Å². The highest BCUT2D eigenvalue weighted by Crippen LogP contribution is 2.22. The topological polar surface area (TPSA) is 29.5 Å². The molecule has 2 aromatic rings. The number of rotatable bonds is 5. The van der Waals surface area contributed by atoms with E-state index in [4.69, 9.17) is 4.74 Å². The Morgan fingerprint density at radius 3 is 2.60 bits per heavy atom. The number of hydrogen-bond acceptors (Lipinski definition) is 3. The van der Waals surface area contributed by atoms with Crippen LogP contribution in [0.15, 0.2) is 39.5 Å². The van der Waals surface area contributed by atoms with Crippen LogP contribution in [0.25, 0.3) is 0 Å². The van der Waals surface area contributed by atoms with Crippen LogP contribution in [0.4, 0.5) is 0 Å². The van der Waals surface area contributed by atoms with Gasteiger partial charge in [-0.05, 0) is 46.6 Å². The maximum atomic E-state index is 12.2. The number of nitrogens with zero attached hydrogens (tertiary/aromatic N) is 1. The average molecular weight is 354 g/mol. The molecule has 2 rings (SSSR count). The Labute approximate surface area is 131 Å². The van der Waals surface area contributed by atoms with Crippen molar-refractivity contribution in [3.63, 3.8) is 0 Å². The molecule has 106 valence electrons. The molecule has 0 atom stereocenters. The third kappa shape index (κ3) is 3.84. The molecule has 1 aromatic heterocycles. The number of ether oxygens (including phenoxy) is 1. The van der Waals surface area contributed by atoms with Gasteiger partial charge in [0.15, 0.2) is 0 Å². The molecule has 0 aliphatic heterocycles. The number of carbonyl (C=O) groups excluding carboxylic acids is 1. The molecule has 20 heavy (non-hydrogen) atoms. The highest BCUT2D eigenvalue weighted by molar-refractivity contribution is 9.11. The first kappa shape index (κ1) is 15.1. The van der Waals surface area contributed by atoms with Crippen LogP contribution < -0.4 is 4.74 Å². The summed E-state index contributed by atoms with van der Waals surface area (Å²) < 4.78 is 6.37. The molecule has 3 nitrogen and oxygen atoms in total. The zero-order chi connectivity index (χ0) is 14.5. The summed E-state index contributed by atoms with van der Waals surface area (Å²) in [6, 6.07) is 9.68. The normalized spacial score (nSPS) is 10.3. The molecule has 0 radical (unpaired) electrons. The lowest BCUT2D eigenvalue weighted by molar-refractivity contribution is 0.0785. The first-order valence-corrected chi connectivity index (χ1v) is 7.98. The minimum Gasteiger partial charge on any atom is -0.494 e. The van der Waals surface area contributed by atoms with Crippen LogP contribution >= 0.6 is 27.3 Å². The summed E-state index contributed by atoms with van der Waals surface area (Å²) in [7, 11) is 1.81. The Morgan fingerprint density at radius 2 is 2.05 bits per heavy atom. The van der Waals surface area contributed by atoms with Gasteiger partial charge in [0.25, 0.3) is 5.91 Å². The highest BCUT2D eigenvalue weighted by atomic mass is 79.9. The van der Waals surface area contributed by atoms with E-state index in [1.165, 1.54) is 11.3 Å². The minimum absolute atomic E-state index is 0.0286. The van der Waals surface area contributed by atoms with Crippen LogP contribution in [0.3, 0.4) is 0 Å².